The van der Waals surface area contributed by atoms with Crippen LogP contribution in [0.1, 0.15) is 0 Å². The van der Waals surface area contributed by atoms with Crippen LogP contribution in [0.2, 0.25) is 0 Å². The highest BCUT2D eigenvalue weighted by atomic mass is 32.1. The van der Waals surface area contributed by atoms with Crippen molar-refractivity contribution < 1.29 is 0 Å². The average molecular weight is 607 g/mol. The van der Waals surface area contributed by atoms with Crippen molar-refractivity contribution in [1.82, 2.24) is 19.4 Å². The van der Waals surface area contributed by atoms with E-state index in [1.807, 2.05) is 72.0 Å². The smallest absolute Gasteiger partial charge is 0.164 e. The maximum absolute atomic E-state index is 4.88. The van der Waals surface area contributed by atoms with E-state index in [0.717, 1.165) is 27.8 Å². The standard InChI is InChI=1S/C41H26N4S/c1-3-11-30(12-4-1)38-42-39(31-13-5-2-6-14-31)44-40(43-38)32-25-21-28(22-26-32)27-19-23-29(24-20-27)37-33-15-7-8-16-34(33)45-35-17-9-10-18-36(35)46-41(37)45/h1-26H. The minimum atomic E-state index is 0.655. The van der Waals surface area contributed by atoms with Crippen LogP contribution in [0.4, 0.5) is 0 Å². The molecule has 0 aliphatic heterocycles. The van der Waals surface area contributed by atoms with Crippen molar-refractivity contribution >= 4 is 37.3 Å². The Labute approximate surface area is 269 Å². The molecule has 9 aromatic rings. The predicted molar refractivity (Wildman–Crippen MR) is 191 cm³/mol. The number of hydrogen-bond acceptors (Lipinski definition) is 4. The highest BCUT2D eigenvalue weighted by molar-refractivity contribution is 7.24. The lowest BCUT2D eigenvalue weighted by molar-refractivity contribution is 1.07. The van der Waals surface area contributed by atoms with E-state index in [0.29, 0.717) is 17.5 Å². The van der Waals surface area contributed by atoms with E-state index in [1.165, 1.54) is 37.1 Å². The molecule has 9 rings (SSSR count). The molecule has 0 saturated carbocycles. The fourth-order valence-electron chi connectivity index (χ4n) is 6.24. The number of rotatable bonds is 5. The second-order valence-electron chi connectivity index (χ2n) is 11.3. The van der Waals surface area contributed by atoms with Gasteiger partial charge in [0.25, 0.3) is 0 Å². The van der Waals surface area contributed by atoms with E-state index in [2.05, 4.69) is 101 Å². The highest BCUT2D eigenvalue weighted by Gasteiger charge is 2.18. The SMILES string of the molecule is c1ccc(-c2nc(-c3ccccc3)nc(-c3ccc(-c4ccc(-c5c6ccccc6n6c5sc5ccccc56)cc4)cc3)n2)cc1. The normalized spacial score (nSPS) is 11.5. The summed E-state index contributed by atoms with van der Waals surface area (Å²) in [5.74, 6) is 1.98. The van der Waals surface area contributed by atoms with Gasteiger partial charge in [0.05, 0.1) is 15.7 Å². The highest BCUT2D eigenvalue weighted by Crippen LogP contribution is 2.42. The van der Waals surface area contributed by atoms with Crippen LogP contribution in [-0.4, -0.2) is 19.4 Å². The van der Waals surface area contributed by atoms with E-state index in [-0.39, 0.29) is 0 Å². The van der Waals surface area contributed by atoms with Crippen LogP contribution in [-0.2, 0) is 0 Å². The summed E-state index contributed by atoms with van der Waals surface area (Å²) < 4.78 is 3.71. The molecule has 0 fully saturated rings. The lowest BCUT2D eigenvalue weighted by Crippen LogP contribution is -2.00. The summed E-state index contributed by atoms with van der Waals surface area (Å²) in [6.07, 6.45) is 0. The molecule has 0 N–H and O–H groups in total. The van der Waals surface area contributed by atoms with Crippen LogP contribution >= 0.6 is 11.3 Å². The number of fused-ring (bicyclic) bond motifs is 5. The third-order valence-corrected chi connectivity index (χ3v) is 9.64. The molecule has 0 aliphatic carbocycles. The molecule has 216 valence electrons. The van der Waals surface area contributed by atoms with E-state index in [9.17, 15) is 0 Å². The Balaban J connectivity index is 1.08. The Morgan fingerprint density at radius 2 is 0.804 bits per heavy atom. The predicted octanol–water partition coefficient (Wildman–Crippen LogP) is 10.8. The minimum absolute atomic E-state index is 0.655. The van der Waals surface area contributed by atoms with Crippen molar-refractivity contribution in [2.75, 3.05) is 0 Å². The van der Waals surface area contributed by atoms with E-state index in [1.54, 1.807) is 0 Å². The molecule has 5 heteroatoms. The van der Waals surface area contributed by atoms with Gasteiger partial charge < -0.3 is 0 Å². The van der Waals surface area contributed by atoms with Gasteiger partial charge in [-0.3, -0.25) is 4.40 Å². The zero-order chi connectivity index (χ0) is 30.5. The summed E-state index contributed by atoms with van der Waals surface area (Å²) in [4.78, 5) is 15.9. The van der Waals surface area contributed by atoms with Gasteiger partial charge in [-0.2, -0.15) is 0 Å². The molecule has 0 saturated heterocycles. The van der Waals surface area contributed by atoms with Crippen molar-refractivity contribution in [1.29, 1.82) is 0 Å². The quantitative estimate of drug-likeness (QED) is 0.196. The van der Waals surface area contributed by atoms with Crippen LogP contribution in [0.5, 0.6) is 0 Å². The van der Waals surface area contributed by atoms with Gasteiger partial charge in [-0.15, -0.1) is 11.3 Å². The minimum Gasteiger partial charge on any atom is -0.299 e. The fourth-order valence-corrected chi connectivity index (χ4v) is 7.48. The number of thiazole rings is 1. The molecule has 3 aromatic heterocycles. The molecule has 4 nitrogen and oxygen atoms in total. The Hall–Kier alpha value is -5.91. The zero-order valence-corrected chi connectivity index (χ0v) is 25.5. The number of benzene rings is 6. The van der Waals surface area contributed by atoms with E-state index >= 15 is 0 Å². The Kier molecular flexibility index (Phi) is 6.28. The average Bonchev–Trinajstić information content (AvgIpc) is 3.67. The fraction of sp³-hybridized carbons (Fsp3) is 0. The second kappa shape index (κ2) is 10.9. The van der Waals surface area contributed by atoms with Crippen LogP contribution in [0, 0.1) is 0 Å². The van der Waals surface area contributed by atoms with Gasteiger partial charge in [0.1, 0.15) is 4.83 Å². The summed E-state index contributed by atoms with van der Waals surface area (Å²) >= 11 is 1.85. The van der Waals surface area contributed by atoms with Crippen LogP contribution < -0.4 is 0 Å². The lowest BCUT2D eigenvalue weighted by atomic mass is 9.99. The molecule has 0 bridgehead atoms. The molecule has 3 heterocycles. The van der Waals surface area contributed by atoms with Crippen molar-refractivity contribution in [3.8, 4) is 56.4 Å². The first-order valence-electron chi connectivity index (χ1n) is 15.3. The molecule has 6 aromatic carbocycles. The van der Waals surface area contributed by atoms with Gasteiger partial charge in [-0.1, -0.05) is 140 Å². The molecular formula is C41H26N4S. The van der Waals surface area contributed by atoms with Crippen molar-refractivity contribution in [3.63, 3.8) is 0 Å². The number of aromatic nitrogens is 4. The van der Waals surface area contributed by atoms with Gasteiger partial charge in [-0.05, 0) is 34.9 Å². The molecule has 0 unspecified atom stereocenters. The summed E-state index contributed by atoms with van der Waals surface area (Å²) in [5, 5.41) is 1.28. The van der Waals surface area contributed by atoms with Gasteiger partial charge >= 0.3 is 0 Å². The summed E-state index contributed by atoms with van der Waals surface area (Å²) in [6, 6.07) is 55.0. The zero-order valence-electron chi connectivity index (χ0n) is 24.7. The Morgan fingerprint density at radius 1 is 0.370 bits per heavy atom. The lowest BCUT2D eigenvalue weighted by Gasteiger charge is -2.09. The largest absolute Gasteiger partial charge is 0.299 e. The Morgan fingerprint density at radius 3 is 1.39 bits per heavy atom. The molecule has 46 heavy (non-hydrogen) atoms. The van der Waals surface area contributed by atoms with Crippen LogP contribution in [0.25, 0.3) is 82.4 Å². The monoisotopic (exact) mass is 606 g/mol. The van der Waals surface area contributed by atoms with Crippen molar-refractivity contribution in [3.05, 3.63) is 158 Å². The van der Waals surface area contributed by atoms with Crippen molar-refractivity contribution in [2.24, 2.45) is 0 Å². The summed E-state index contributed by atoms with van der Waals surface area (Å²) in [5.41, 5.74) is 10.2. The van der Waals surface area contributed by atoms with E-state index < -0.39 is 0 Å². The first-order valence-corrected chi connectivity index (χ1v) is 16.1. The maximum Gasteiger partial charge on any atom is 0.164 e. The first kappa shape index (κ1) is 26.5. The third-order valence-electron chi connectivity index (χ3n) is 8.49. The number of para-hydroxylation sites is 2. The van der Waals surface area contributed by atoms with Crippen LogP contribution in [0.15, 0.2) is 158 Å². The summed E-state index contributed by atoms with van der Waals surface area (Å²) in [6.45, 7) is 0. The van der Waals surface area contributed by atoms with Crippen molar-refractivity contribution in [2.45, 2.75) is 0 Å². The second-order valence-corrected chi connectivity index (χ2v) is 12.3. The molecule has 0 aliphatic rings. The van der Waals surface area contributed by atoms with Gasteiger partial charge in [0.15, 0.2) is 17.5 Å². The molecule has 0 amide bonds. The summed E-state index contributed by atoms with van der Waals surface area (Å²) in [7, 11) is 0. The van der Waals surface area contributed by atoms with Gasteiger partial charge in [0, 0.05) is 27.6 Å². The number of nitrogens with zero attached hydrogens (tertiary/aromatic N) is 4. The molecule has 0 spiro atoms. The van der Waals surface area contributed by atoms with Gasteiger partial charge in [0.2, 0.25) is 0 Å². The molecule has 0 radical (unpaired) electrons. The third kappa shape index (κ3) is 4.48. The molecule has 0 atom stereocenters. The first-order chi connectivity index (χ1) is 22.8. The number of hydrogen-bond donors (Lipinski definition) is 0. The topological polar surface area (TPSA) is 43.1 Å². The maximum atomic E-state index is 4.88. The van der Waals surface area contributed by atoms with Crippen LogP contribution in [0.3, 0.4) is 0 Å². The molecular weight excluding hydrogens is 581 g/mol. The van der Waals surface area contributed by atoms with Gasteiger partial charge in [-0.25, -0.2) is 15.0 Å². The Bertz CT molecular complexity index is 2440. The van der Waals surface area contributed by atoms with E-state index in [4.69, 9.17) is 15.0 Å².